The second-order valence-corrected chi connectivity index (χ2v) is 3.09. The Balaban J connectivity index is 2.90. The van der Waals surface area contributed by atoms with Gasteiger partial charge < -0.3 is 20.1 Å². The van der Waals surface area contributed by atoms with E-state index in [1.165, 1.54) is 12.1 Å². The third-order valence-electron chi connectivity index (χ3n) is 1.89. The maximum absolute atomic E-state index is 10.7. The van der Waals surface area contributed by atoms with Gasteiger partial charge in [-0.1, -0.05) is 18.2 Å². The molecule has 1 aromatic rings. The molecule has 5 heteroatoms. The fourth-order valence-corrected chi connectivity index (χ4v) is 0.976. The van der Waals surface area contributed by atoms with Gasteiger partial charge in [0.05, 0.1) is 0 Å². The molecule has 0 heterocycles. The van der Waals surface area contributed by atoms with Gasteiger partial charge in [-0.15, -0.1) is 0 Å². The molecule has 0 aliphatic rings. The molecular formula is C10H12O5. The fourth-order valence-electron chi connectivity index (χ4n) is 0.976. The Morgan fingerprint density at radius 1 is 1.40 bits per heavy atom. The molecular weight excluding hydrogens is 200 g/mol. The lowest BCUT2D eigenvalue weighted by atomic mass is 10.1. The summed E-state index contributed by atoms with van der Waals surface area (Å²) in [5.41, 5.74) is 0. The number of rotatable bonds is 4. The second-order valence-electron chi connectivity index (χ2n) is 3.09. The number of aliphatic hydroxyl groups is 2. The third-order valence-corrected chi connectivity index (χ3v) is 1.89. The van der Waals surface area contributed by atoms with E-state index in [9.17, 15) is 9.90 Å². The Kier molecular flexibility index (Phi) is 3.28. The third kappa shape index (κ3) is 2.45. The molecule has 5 nitrogen and oxygen atoms in total. The molecule has 0 aliphatic heterocycles. The van der Waals surface area contributed by atoms with Crippen LogP contribution in [0.25, 0.3) is 0 Å². The minimum atomic E-state index is -2.62. The van der Waals surface area contributed by atoms with Crippen molar-refractivity contribution in [2.24, 2.45) is 0 Å². The number of benzene rings is 1. The lowest BCUT2D eigenvalue weighted by Gasteiger charge is -2.26. The Labute approximate surface area is 86.5 Å². The molecule has 0 saturated carbocycles. The van der Waals surface area contributed by atoms with E-state index in [1.807, 2.05) is 0 Å². The fraction of sp³-hybridized carbons (Fsp3) is 0.300. The van der Waals surface area contributed by atoms with Crippen molar-refractivity contribution in [2.45, 2.75) is 18.8 Å². The van der Waals surface area contributed by atoms with Crippen LogP contribution in [0.1, 0.15) is 6.92 Å². The molecule has 0 amide bonds. The minimum Gasteiger partial charge on any atom is -0.476 e. The molecule has 0 radical (unpaired) electrons. The standard InChI is InChI=1S/C10H12O5/c1-7(11)10(14,9(12)13)15-8-5-3-2-4-6-8/h2-7,11,14H,1H3,(H,12,13). The molecule has 0 bridgehead atoms. The number of aliphatic carboxylic acids is 1. The van der Waals surface area contributed by atoms with E-state index in [0.717, 1.165) is 6.92 Å². The van der Waals surface area contributed by atoms with Crippen molar-refractivity contribution in [1.29, 1.82) is 0 Å². The van der Waals surface area contributed by atoms with Crippen molar-refractivity contribution in [2.75, 3.05) is 0 Å². The average molecular weight is 212 g/mol. The molecule has 0 fully saturated rings. The van der Waals surface area contributed by atoms with Crippen LogP contribution in [0.5, 0.6) is 5.75 Å². The van der Waals surface area contributed by atoms with E-state index in [2.05, 4.69) is 0 Å². The van der Waals surface area contributed by atoms with E-state index in [0.29, 0.717) is 0 Å². The van der Waals surface area contributed by atoms with Crippen molar-refractivity contribution in [1.82, 2.24) is 0 Å². The lowest BCUT2D eigenvalue weighted by Crippen LogP contribution is -2.53. The highest BCUT2D eigenvalue weighted by Crippen LogP contribution is 2.19. The maximum Gasteiger partial charge on any atom is 0.380 e. The van der Waals surface area contributed by atoms with Gasteiger partial charge in [0.2, 0.25) is 0 Å². The maximum atomic E-state index is 10.7. The number of ether oxygens (including phenoxy) is 1. The number of carbonyl (C=O) groups is 1. The summed E-state index contributed by atoms with van der Waals surface area (Å²) in [6.45, 7) is 1.14. The summed E-state index contributed by atoms with van der Waals surface area (Å²) in [5, 5.41) is 27.4. The highest BCUT2D eigenvalue weighted by atomic mass is 16.7. The SMILES string of the molecule is CC(O)C(O)(Oc1ccccc1)C(=O)O. The molecule has 0 saturated heterocycles. The summed E-state index contributed by atoms with van der Waals surface area (Å²) < 4.78 is 4.83. The first-order valence-electron chi connectivity index (χ1n) is 4.34. The van der Waals surface area contributed by atoms with Crippen molar-refractivity contribution in [3.63, 3.8) is 0 Å². The zero-order valence-corrected chi connectivity index (χ0v) is 8.12. The van der Waals surface area contributed by atoms with Crippen LogP contribution in [0.2, 0.25) is 0 Å². The first-order valence-corrected chi connectivity index (χ1v) is 4.34. The van der Waals surface area contributed by atoms with Gasteiger partial charge in [-0.2, -0.15) is 0 Å². The topological polar surface area (TPSA) is 87.0 Å². The molecule has 1 rings (SSSR count). The zero-order chi connectivity index (χ0) is 11.5. The van der Waals surface area contributed by atoms with Crippen molar-refractivity contribution < 1.29 is 24.9 Å². The molecule has 15 heavy (non-hydrogen) atoms. The van der Waals surface area contributed by atoms with Crippen molar-refractivity contribution in [3.8, 4) is 5.75 Å². The second kappa shape index (κ2) is 4.29. The molecule has 2 unspecified atom stereocenters. The van der Waals surface area contributed by atoms with Crippen molar-refractivity contribution >= 4 is 5.97 Å². The monoisotopic (exact) mass is 212 g/mol. The van der Waals surface area contributed by atoms with Crippen LogP contribution in [-0.2, 0) is 4.79 Å². The van der Waals surface area contributed by atoms with Gasteiger partial charge in [-0.25, -0.2) is 4.79 Å². The first-order chi connectivity index (χ1) is 6.97. The van der Waals surface area contributed by atoms with Crippen LogP contribution in [0.3, 0.4) is 0 Å². The van der Waals surface area contributed by atoms with Gasteiger partial charge in [0.15, 0.2) is 0 Å². The van der Waals surface area contributed by atoms with Crippen LogP contribution in [0.15, 0.2) is 30.3 Å². The molecule has 3 N–H and O–H groups in total. The van der Waals surface area contributed by atoms with Crippen LogP contribution in [-0.4, -0.2) is 33.2 Å². The summed E-state index contributed by atoms with van der Waals surface area (Å²) in [7, 11) is 0. The number of para-hydroxylation sites is 1. The van der Waals surface area contributed by atoms with Gasteiger partial charge in [0, 0.05) is 0 Å². The summed E-state index contributed by atoms with van der Waals surface area (Å²) in [4.78, 5) is 10.7. The Morgan fingerprint density at radius 3 is 2.33 bits per heavy atom. The van der Waals surface area contributed by atoms with Crippen molar-refractivity contribution in [3.05, 3.63) is 30.3 Å². The van der Waals surface area contributed by atoms with Gasteiger partial charge >= 0.3 is 11.8 Å². The zero-order valence-electron chi connectivity index (χ0n) is 8.12. The number of carboxylic acid groups (broad SMARTS) is 1. The number of hydrogen-bond donors (Lipinski definition) is 3. The van der Waals surface area contributed by atoms with Gasteiger partial charge in [-0.05, 0) is 19.1 Å². The summed E-state index contributed by atoms with van der Waals surface area (Å²) in [6.07, 6.45) is -1.55. The Bertz CT molecular complexity index is 335. The summed E-state index contributed by atoms with van der Waals surface area (Å²) in [6, 6.07) is 7.93. The smallest absolute Gasteiger partial charge is 0.380 e. The highest BCUT2D eigenvalue weighted by molar-refractivity contribution is 5.76. The average Bonchev–Trinajstić information content (AvgIpc) is 2.18. The summed E-state index contributed by atoms with van der Waals surface area (Å²) in [5.74, 6) is -4.09. The van der Waals surface area contributed by atoms with E-state index >= 15 is 0 Å². The largest absolute Gasteiger partial charge is 0.476 e. The highest BCUT2D eigenvalue weighted by Gasteiger charge is 2.44. The molecule has 0 aromatic heterocycles. The van der Waals surface area contributed by atoms with Crippen LogP contribution >= 0.6 is 0 Å². The molecule has 1 aromatic carbocycles. The predicted molar refractivity (Wildman–Crippen MR) is 51.3 cm³/mol. The minimum absolute atomic E-state index is 0.170. The Morgan fingerprint density at radius 2 is 1.93 bits per heavy atom. The van der Waals surface area contributed by atoms with Crippen LogP contribution < -0.4 is 4.74 Å². The Hall–Kier alpha value is -1.59. The van der Waals surface area contributed by atoms with Crippen LogP contribution in [0, 0.1) is 0 Å². The van der Waals surface area contributed by atoms with E-state index in [4.69, 9.17) is 14.9 Å². The van der Waals surface area contributed by atoms with Crippen LogP contribution in [0.4, 0.5) is 0 Å². The normalized spacial score (nSPS) is 16.5. The quantitative estimate of drug-likeness (QED) is 0.621. The van der Waals surface area contributed by atoms with E-state index in [-0.39, 0.29) is 5.75 Å². The van der Waals surface area contributed by atoms with E-state index in [1.54, 1.807) is 18.2 Å². The van der Waals surface area contributed by atoms with E-state index < -0.39 is 17.9 Å². The predicted octanol–water partition coefficient (Wildman–Crippen LogP) is 0.219. The summed E-state index contributed by atoms with van der Waals surface area (Å²) >= 11 is 0. The lowest BCUT2D eigenvalue weighted by molar-refractivity contribution is -0.221. The van der Waals surface area contributed by atoms with Gasteiger partial charge in [0.25, 0.3) is 0 Å². The molecule has 0 spiro atoms. The van der Waals surface area contributed by atoms with Gasteiger partial charge in [0.1, 0.15) is 11.9 Å². The van der Waals surface area contributed by atoms with Gasteiger partial charge in [-0.3, -0.25) is 0 Å². The number of aliphatic hydroxyl groups excluding tert-OH is 1. The first kappa shape index (κ1) is 11.5. The molecule has 2 atom stereocenters. The molecule has 0 aliphatic carbocycles. The number of carboxylic acids is 1. The molecule has 82 valence electrons. The number of hydrogen-bond acceptors (Lipinski definition) is 4.